The molecule has 130 valence electrons. The Morgan fingerprint density at radius 2 is 2.12 bits per heavy atom. The van der Waals surface area contributed by atoms with Crippen molar-refractivity contribution < 1.29 is 14.3 Å². The Bertz CT molecular complexity index is 667. The van der Waals surface area contributed by atoms with Crippen molar-refractivity contribution in [3.05, 3.63) is 47.3 Å². The number of carbonyl (C=O) groups is 1. The maximum atomic E-state index is 12.2. The van der Waals surface area contributed by atoms with Gasteiger partial charge in [-0.25, -0.2) is 0 Å². The predicted octanol–water partition coefficient (Wildman–Crippen LogP) is 2.46. The third-order valence-corrected chi connectivity index (χ3v) is 3.49. The molecule has 0 fully saturated rings. The summed E-state index contributed by atoms with van der Waals surface area (Å²) < 4.78 is 12.6. The van der Waals surface area contributed by atoms with Gasteiger partial charge in [0, 0.05) is 33.2 Å². The molecule has 0 saturated carbocycles. The average Bonchev–Trinajstić information content (AvgIpc) is 2.91. The summed E-state index contributed by atoms with van der Waals surface area (Å²) in [4.78, 5) is 12.2. The van der Waals surface area contributed by atoms with Gasteiger partial charge in [0.15, 0.2) is 0 Å². The number of nitrogens with zero attached hydrogens (tertiary/aromatic N) is 2. The fraction of sp³-hybridized carbons (Fsp3) is 0.444. The third-order valence-electron chi connectivity index (χ3n) is 3.49. The van der Waals surface area contributed by atoms with E-state index in [0.717, 1.165) is 30.0 Å². The lowest BCUT2D eigenvalue weighted by molar-refractivity contribution is 0.0941. The average molecular weight is 331 g/mol. The van der Waals surface area contributed by atoms with Gasteiger partial charge in [-0.2, -0.15) is 5.10 Å². The number of nitrogens with one attached hydrogen (secondary N) is 1. The van der Waals surface area contributed by atoms with Gasteiger partial charge < -0.3 is 14.8 Å². The van der Waals surface area contributed by atoms with Crippen LogP contribution in [0.15, 0.2) is 30.3 Å². The molecule has 1 aromatic heterocycles. The van der Waals surface area contributed by atoms with Gasteiger partial charge in [0.25, 0.3) is 5.91 Å². The second-order valence-electron chi connectivity index (χ2n) is 5.52. The van der Waals surface area contributed by atoms with E-state index in [2.05, 4.69) is 10.4 Å². The van der Waals surface area contributed by atoms with E-state index in [4.69, 9.17) is 9.47 Å². The van der Waals surface area contributed by atoms with Crippen LogP contribution < -0.4 is 10.1 Å². The summed E-state index contributed by atoms with van der Waals surface area (Å²) in [6.07, 6.45) is 0.856. The quantitative estimate of drug-likeness (QED) is 0.717. The molecule has 0 aliphatic rings. The van der Waals surface area contributed by atoms with Crippen LogP contribution >= 0.6 is 0 Å². The summed E-state index contributed by atoms with van der Waals surface area (Å²) in [5, 5.41) is 7.09. The maximum Gasteiger partial charge on any atom is 0.269 e. The standard InChI is InChI=1S/C18H25N3O3/c1-4-23-9-6-10-24-16-8-5-7-15(12-16)13-19-18(22)17-11-14(2)20-21(17)3/h5,7-8,11-12H,4,6,9-10,13H2,1-3H3,(H,19,22). The fourth-order valence-corrected chi connectivity index (χ4v) is 2.34. The molecule has 0 radical (unpaired) electrons. The summed E-state index contributed by atoms with van der Waals surface area (Å²) in [6.45, 7) is 6.33. The van der Waals surface area contributed by atoms with Crippen LogP contribution in [0.3, 0.4) is 0 Å². The molecule has 0 spiro atoms. The first kappa shape index (κ1) is 18.0. The zero-order valence-electron chi connectivity index (χ0n) is 14.5. The van der Waals surface area contributed by atoms with E-state index in [-0.39, 0.29) is 5.91 Å². The number of aromatic nitrogens is 2. The molecule has 1 heterocycles. The summed E-state index contributed by atoms with van der Waals surface area (Å²) >= 11 is 0. The van der Waals surface area contributed by atoms with Gasteiger partial charge in [-0.3, -0.25) is 9.48 Å². The highest BCUT2D eigenvalue weighted by molar-refractivity contribution is 5.92. The molecular formula is C18H25N3O3. The molecule has 0 saturated heterocycles. The zero-order valence-corrected chi connectivity index (χ0v) is 14.5. The largest absolute Gasteiger partial charge is 0.493 e. The van der Waals surface area contributed by atoms with E-state index in [1.165, 1.54) is 0 Å². The third kappa shape index (κ3) is 5.38. The Kier molecular flexibility index (Phi) is 6.81. The number of benzene rings is 1. The second kappa shape index (κ2) is 9.08. The Hall–Kier alpha value is -2.34. The van der Waals surface area contributed by atoms with E-state index in [9.17, 15) is 4.79 Å². The van der Waals surface area contributed by atoms with Gasteiger partial charge in [0.1, 0.15) is 11.4 Å². The summed E-state index contributed by atoms with van der Waals surface area (Å²) in [7, 11) is 1.76. The molecule has 2 rings (SSSR count). The Labute approximate surface area is 142 Å². The summed E-state index contributed by atoms with van der Waals surface area (Å²) in [6, 6.07) is 9.51. The Morgan fingerprint density at radius 1 is 1.29 bits per heavy atom. The minimum atomic E-state index is -0.138. The molecule has 0 atom stereocenters. The number of carbonyl (C=O) groups excluding carboxylic acids is 1. The minimum absolute atomic E-state index is 0.138. The monoisotopic (exact) mass is 331 g/mol. The number of amides is 1. The molecule has 1 N–H and O–H groups in total. The summed E-state index contributed by atoms with van der Waals surface area (Å²) in [5.41, 5.74) is 2.37. The highest BCUT2D eigenvalue weighted by Gasteiger charge is 2.11. The lowest BCUT2D eigenvalue weighted by Crippen LogP contribution is -2.25. The van der Waals surface area contributed by atoms with Crippen LogP contribution in [0.5, 0.6) is 5.75 Å². The molecule has 0 aliphatic carbocycles. The van der Waals surface area contributed by atoms with Crippen molar-refractivity contribution >= 4 is 5.91 Å². The van der Waals surface area contributed by atoms with Gasteiger partial charge in [-0.15, -0.1) is 0 Å². The van der Waals surface area contributed by atoms with Crippen LogP contribution in [0.4, 0.5) is 0 Å². The number of hydrogen-bond acceptors (Lipinski definition) is 4. The molecule has 24 heavy (non-hydrogen) atoms. The van der Waals surface area contributed by atoms with Gasteiger partial charge in [-0.1, -0.05) is 12.1 Å². The first-order chi connectivity index (χ1) is 11.6. The van der Waals surface area contributed by atoms with Crippen molar-refractivity contribution in [2.75, 3.05) is 19.8 Å². The first-order valence-corrected chi connectivity index (χ1v) is 8.18. The van der Waals surface area contributed by atoms with Crippen molar-refractivity contribution in [2.45, 2.75) is 26.8 Å². The van der Waals surface area contributed by atoms with Crippen LogP contribution in [0.25, 0.3) is 0 Å². The van der Waals surface area contributed by atoms with E-state index >= 15 is 0 Å². The number of rotatable bonds is 9. The summed E-state index contributed by atoms with van der Waals surface area (Å²) in [5.74, 6) is 0.663. The molecule has 0 bridgehead atoms. The first-order valence-electron chi connectivity index (χ1n) is 8.18. The predicted molar refractivity (Wildman–Crippen MR) is 92.2 cm³/mol. The van der Waals surface area contributed by atoms with E-state index in [1.807, 2.05) is 38.1 Å². The minimum Gasteiger partial charge on any atom is -0.493 e. The normalized spacial score (nSPS) is 10.6. The van der Waals surface area contributed by atoms with Crippen molar-refractivity contribution in [3.63, 3.8) is 0 Å². The van der Waals surface area contributed by atoms with Crippen molar-refractivity contribution in [1.82, 2.24) is 15.1 Å². The van der Waals surface area contributed by atoms with Gasteiger partial charge in [0.05, 0.1) is 12.3 Å². The van der Waals surface area contributed by atoms with Gasteiger partial charge >= 0.3 is 0 Å². The smallest absolute Gasteiger partial charge is 0.269 e. The topological polar surface area (TPSA) is 65.4 Å². The SMILES string of the molecule is CCOCCCOc1cccc(CNC(=O)c2cc(C)nn2C)c1. The molecular weight excluding hydrogens is 306 g/mol. The highest BCUT2D eigenvalue weighted by Crippen LogP contribution is 2.14. The van der Waals surface area contributed by atoms with Gasteiger partial charge in [-0.05, 0) is 37.6 Å². The second-order valence-corrected chi connectivity index (χ2v) is 5.52. The molecule has 6 nitrogen and oxygen atoms in total. The van der Waals surface area contributed by atoms with E-state index < -0.39 is 0 Å². The van der Waals surface area contributed by atoms with Gasteiger partial charge in [0.2, 0.25) is 0 Å². The lowest BCUT2D eigenvalue weighted by Gasteiger charge is -2.09. The van der Waals surface area contributed by atoms with Crippen molar-refractivity contribution in [1.29, 1.82) is 0 Å². The lowest BCUT2D eigenvalue weighted by atomic mass is 10.2. The van der Waals surface area contributed by atoms with Crippen LogP contribution in [0.2, 0.25) is 0 Å². The number of hydrogen-bond donors (Lipinski definition) is 1. The zero-order chi connectivity index (χ0) is 17.4. The molecule has 1 amide bonds. The molecule has 0 unspecified atom stereocenters. The molecule has 6 heteroatoms. The molecule has 0 aliphatic heterocycles. The van der Waals surface area contributed by atoms with Crippen LogP contribution in [-0.2, 0) is 18.3 Å². The number of aryl methyl sites for hydroxylation is 2. The fourth-order valence-electron chi connectivity index (χ4n) is 2.34. The van der Waals surface area contributed by atoms with E-state index in [1.54, 1.807) is 17.8 Å². The molecule has 2 aromatic rings. The van der Waals surface area contributed by atoms with Crippen LogP contribution in [0, 0.1) is 6.92 Å². The van der Waals surface area contributed by atoms with Crippen molar-refractivity contribution in [2.24, 2.45) is 7.05 Å². The van der Waals surface area contributed by atoms with Crippen molar-refractivity contribution in [3.8, 4) is 5.75 Å². The van der Waals surface area contributed by atoms with Crippen LogP contribution in [0.1, 0.15) is 35.1 Å². The highest BCUT2D eigenvalue weighted by atomic mass is 16.5. The van der Waals surface area contributed by atoms with Crippen LogP contribution in [-0.4, -0.2) is 35.5 Å². The molecule has 1 aromatic carbocycles. The Balaban J connectivity index is 1.83. The van der Waals surface area contributed by atoms with E-state index in [0.29, 0.717) is 25.5 Å². The maximum absolute atomic E-state index is 12.2. The Morgan fingerprint density at radius 3 is 2.83 bits per heavy atom. The number of ether oxygens (including phenoxy) is 2.